The number of amides is 1. The van der Waals surface area contributed by atoms with Crippen LogP contribution in [0.4, 0.5) is 4.39 Å². The van der Waals surface area contributed by atoms with Crippen LogP contribution in [0.2, 0.25) is 0 Å². The van der Waals surface area contributed by atoms with Gasteiger partial charge in [0.25, 0.3) is 5.91 Å². The molecule has 0 radical (unpaired) electrons. The molecule has 1 unspecified atom stereocenters. The van der Waals surface area contributed by atoms with Crippen LogP contribution in [0, 0.1) is 5.82 Å². The van der Waals surface area contributed by atoms with Crippen molar-refractivity contribution in [3.63, 3.8) is 0 Å². The normalized spacial score (nSPS) is 19.4. The summed E-state index contributed by atoms with van der Waals surface area (Å²) in [6.45, 7) is 3.87. The summed E-state index contributed by atoms with van der Waals surface area (Å²) in [7, 11) is 0. The fraction of sp³-hybridized carbons (Fsp3) is 0.364. The first-order chi connectivity index (χ1) is 13.6. The number of nitrogens with zero attached hydrogens (tertiary/aromatic N) is 2. The lowest BCUT2D eigenvalue weighted by Gasteiger charge is -2.35. The van der Waals surface area contributed by atoms with E-state index in [1.165, 1.54) is 24.3 Å². The second-order valence-electron chi connectivity index (χ2n) is 7.26. The smallest absolute Gasteiger partial charge is 0.339 e. The van der Waals surface area contributed by atoms with Crippen LogP contribution in [0.3, 0.4) is 0 Å². The number of cyclic esters (lactones) is 1. The van der Waals surface area contributed by atoms with E-state index in [0.717, 1.165) is 38.0 Å². The van der Waals surface area contributed by atoms with Gasteiger partial charge in [-0.3, -0.25) is 9.69 Å². The molecule has 1 atom stereocenters. The minimum atomic E-state index is -0.336. The molecular formula is C22H23FN2O3. The molecule has 6 heteroatoms. The van der Waals surface area contributed by atoms with Crippen LogP contribution in [0.1, 0.15) is 45.2 Å². The first-order valence-electron chi connectivity index (χ1n) is 9.69. The average Bonchev–Trinajstić information content (AvgIpc) is 3.05. The van der Waals surface area contributed by atoms with Crippen molar-refractivity contribution in [1.29, 1.82) is 0 Å². The van der Waals surface area contributed by atoms with Crippen molar-refractivity contribution >= 4 is 11.9 Å². The van der Waals surface area contributed by atoms with Crippen molar-refractivity contribution in [1.82, 2.24) is 9.80 Å². The molecule has 1 saturated heterocycles. The third kappa shape index (κ3) is 3.92. The number of halogens is 1. The molecule has 146 valence electrons. The Morgan fingerprint density at radius 3 is 2.50 bits per heavy atom. The summed E-state index contributed by atoms with van der Waals surface area (Å²) in [6, 6.07) is 13.3. The number of carbonyl (C=O) groups excluding carboxylic acids is 2. The van der Waals surface area contributed by atoms with E-state index in [-0.39, 0.29) is 23.8 Å². The number of rotatable bonds is 5. The lowest BCUT2D eigenvalue weighted by molar-refractivity contribution is 0.0353. The summed E-state index contributed by atoms with van der Waals surface area (Å²) in [4.78, 5) is 28.5. The van der Waals surface area contributed by atoms with Crippen LogP contribution in [0.25, 0.3) is 0 Å². The zero-order valence-electron chi connectivity index (χ0n) is 15.6. The quantitative estimate of drug-likeness (QED) is 0.745. The first kappa shape index (κ1) is 18.6. The highest BCUT2D eigenvalue weighted by Gasteiger charge is 2.30. The topological polar surface area (TPSA) is 49.9 Å². The van der Waals surface area contributed by atoms with Crippen LogP contribution < -0.4 is 0 Å². The van der Waals surface area contributed by atoms with Crippen molar-refractivity contribution in [3.8, 4) is 0 Å². The van der Waals surface area contributed by atoms with Gasteiger partial charge in [-0.15, -0.1) is 0 Å². The Hall–Kier alpha value is -2.73. The minimum Gasteiger partial charge on any atom is -0.454 e. The number of fused-ring (bicyclic) bond motifs is 1. The van der Waals surface area contributed by atoms with E-state index in [1.807, 2.05) is 29.2 Å². The lowest BCUT2D eigenvalue weighted by atomic mass is 10.0. The third-order valence-corrected chi connectivity index (χ3v) is 5.47. The standard InChI is InChI=1S/C22H23FN2O3/c23-17-9-7-16(8-10-17)21(26)25-14-12-24(13-15-25)11-3-6-20-18-4-1-2-5-19(18)22(27)28-20/h1-2,4-5,7-10,20H,3,6,11-15H2. The molecule has 0 bridgehead atoms. The molecule has 4 rings (SSSR count). The van der Waals surface area contributed by atoms with Crippen molar-refractivity contribution < 1.29 is 18.7 Å². The Balaban J connectivity index is 1.23. The van der Waals surface area contributed by atoms with E-state index in [1.54, 1.807) is 0 Å². The van der Waals surface area contributed by atoms with Gasteiger partial charge < -0.3 is 9.64 Å². The Morgan fingerprint density at radius 2 is 1.75 bits per heavy atom. The second kappa shape index (κ2) is 8.10. The average molecular weight is 382 g/mol. The molecule has 0 aliphatic carbocycles. The highest BCUT2D eigenvalue weighted by molar-refractivity contribution is 5.94. The summed E-state index contributed by atoms with van der Waals surface area (Å²) < 4.78 is 18.5. The summed E-state index contributed by atoms with van der Waals surface area (Å²) in [5.41, 5.74) is 2.19. The molecule has 0 spiro atoms. The van der Waals surface area contributed by atoms with Gasteiger partial charge >= 0.3 is 5.97 Å². The molecule has 1 amide bonds. The van der Waals surface area contributed by atoms with E-state index < -0.39 is 0 Å². The molecule has 0 aromatic heterocycles. The molecule has 2 aromatic rings. The van der Waals surface area contributed by atoms with E-state index in [2.05, 4.69) is 4.90 Å². The summed E-state index contributed by atoms with van der Waals surface area (Å²) in [5, 5.41) is 0. The van der Waals surface area contributed by atoms with Crippen molar-refractivity contribution in [2.45, 2.75) is 18.9 Å². The number of carbonyl (C=O) groups is 2. The van der Waals surface area contributed by atoms with E-state index in [9.17, 15) is 14.0 Å². The molecule has 2 aromatic carbocycles. The van der Waals surface area contributed by atoms with Crippen molar-refractivity contribution in [2.24, 2.45) is 0 Å². The lowest BCUT2D eigenvalue weighted by Crippen LogP contribution is -2.48. The highest BCUT2D eigenvalue weighted by atomic mass is 19.1. The van der Waals surface area contributed by atoms with Gasteiger partial charge in [-0.05, 0) is 49.7 Å². The molecule has 5 nitrogen and oxygen atoms in total. The predicted octanol–water partition coefficient (Wildman–Crippen LogP) is 3.28. The Morgan fingerprint density at radius 1 is 1.04 bits per heavy atom. The monoisotopic (exact) mass is 382 g/mol. The number of piperazine rings is 1. The number of benzene rings is 2. The van der Waals surface area contributed by atoms with Crippen LogP contribution in [-0.2, 0) is 4.74 Å². The van der Waals surface area contributed by atoms with Crippen LogP contribution in [0.15, 0.2) is 48.5 Å². The zero-order valence-corrected chi connectivity index (χ0v) is 15.6. The molecule has 28 heavy (non-hydrogen) atoms. The number of esters is 1. The molecule has 2 aliphatic heterocycles. The van der Waals surface area contributed by atoms with E-state index in [0.29, 0.717) is 24.2 Å². The van der Waals surface area contributed by atoms with Crippen molar-refractivity contribution in [3.05, 3.63) is 71.0 Å². The van der Waals surface area contributed by atoms with Crippen molar-refractivity contribution in [2.75, 3.05) is 32.7 Å². The van der Waals surface area contributed by atoms with Crippen LogP contribution >= 0.6 is 0 Å². The number of hydrogen-bond donors (Lipinski definition) is 0. The number of ether oxygens (including phenoxy) is 1. The van der Waals surface area contributed by atoms with E-state index >= 15 is 0 Å². The Kier molecular flexibility index (Phi) is 5.39. The van der Waals surface area contributed by atoms with Gasteiger partial charge in [-0.2, -0.15) is 0 Å². The fourth-order valence-corrected chi connectivity index (χ4v) is 3.88. The SMILES string of the molecule is O=C1OC(CCCN2CCN(C(=O)c3ccc(F)cc3)CC2)c2ccccc21. The van der Waals surface area contributed by atoms with Crippen LogP contribution in [-0.4, -0.2) is 54.4 Å². The molecule has 2 aliphatic rings. The van der Waals surface area contributed by atoms with Gasteiger partial charge in [0, 0.05) is 37.3 Å². The first-order valence-corrected chi connectivity index (χ1v) is 9.69. The van der Waals surface area contributed by atoms with Gasteiger partial charge in [0.2, 0.25) is 0 Å². The van der Waals surface area contributed by atoms with Gasteiger partial charge in [-0.1, -0.05) is 18.2 Å². The third-order valence-electron chi connectivity index (χ3n) is 5.47. The molecule has 1 fully saturated rings. The molecule has 2 heterocycles. The van der Waals surface area contributed by atoms with Crippen LogP contribution in [0.5, 0.6) is 0 Å². The van der Waals surface area contributed by atoms with Gasteiger partial charge in [-0.25, -0.2) is 9.18 Å². The fourth-order valence-electron chi connectivity index (χ4n) is 3.88. The summed E-state index contributed by atoms with van der Waals surface area (Å²) in [6.07, 6.45) is 1.58. The van der Waals surface area contributed by atoms with Gasteiger partial charge in [0.1, 0.15) is 11.9 Å². The zero-order chi connectivity index (χ0) is 19.5. The maximum atomic E-state index is 13.0. The maximum absolute atomic E-state index is 13.0. The Bertz CT molecular complexity index is 860. The van der Waals surface area contributed by atoms with Gasteiger partial charge in [0.05, 0.1) is 5.56 Å². The summed E-state index contributed by atoms with van der Waals surface area (Å²) in [5.74, 6) is -0.611. The second-order valence-corrected chi connectivity index (χ2v) is 7.26. The number of hydrogen-bond acceptors (Lipinski definition) is 4. The predicted molar refractivity (Wildman–Crippen MR) is 103 cm³/mol. The molecule has 0 N–H and O–H groups in total. The highest BCUT2D eigenvalue weighted by Crippen LogP contribution is 2.33. The minimum absolute atomic E-state index is 0.0471. The van der Waals surface area contributed by atoms with Gasteiger partial charge in [0.15, 0.2) is 0 Å². The molecular weight excluding hydrogens is 359 g/mol. The van der Waals surface area contributed by atoms with E-state index in [4.69, 9.17) is 4.74 Å². The largest absolute Gasteiger partial charge is 0.454 e. The Labute approximate surface area is 163 Å². The molecule has 0 saturated carbocycles. The maximum Gasteiger partial charge on any atom is 0.339 e. The summed E-state index contributed by atoms with van der Waals surface area (Å²) >= 11 is 0.